The first kappa shape index (κ1) is 18.9. The van der Waals surface area contributed by atoms with Gasteiger partial charge in [0.2, 0.25) is 5.71 Å². The third-order valence-corrected chi connectivity index (χ3v) is 5.58. The highest BCUT2D eigenvalue weighted by atomic mass is 19.4. The molecule has 5 nitrogen and oxygen atoms in total. The predicted octanol–water partition coefficient (Wildman–Crippen LogP) is 4.29. The molecule has 1 aliphatic rings. The summed E-state index contributed by atoms with van der Waals surface area (Å²) in [5.41, 5.74) is 2.12. The molecule has 2 heterocycles. The number of hydrogen-bond acceptors (Lipinski definition) is 5. The Morgan fingerprint density at radius 3 is 2.57 bits per heavy atom. The third-order valence-electron chi connectivity index (χ3n) is 5.58. The Morgan fingerprint density at radius 2 is 1.96 bits per heavy atom. The van der Waals surface area contributed by atoms with Crippen LogP contribution in [0.3, 0.4) is 0 Å². The van der Waals surface area contributed by atoms with Crippen molar-refractivity contribution in [2.24, 2.45) is 11.7 Å². The van der Waals surface area contributed by atoms with Gasteiger partial charge in [0, 0.05) is 18.2 Å². The van der Waals surface area contributed by atoms with Gasteiger partial charge >= 0.3 is 6.18 Å². The molecule has 1 saturated carbocycles. The summed E-state index contributed by atoms with van der Waals surface area (Å²) in [5, 5.41) is 1.16. The fourth-order valence-electron chi connectivity index (χ4n) is 4.15. The number of hydrogen-bond donors (Lipinski definition) is 2. The second kappa shape index (κ2) is 6.58. The summed E-state index contributed by atoms with van der Waals surface area (Å²) in [7, 11) is 0. The monoisotopic (exact) mass is 390 g/mol. The topological polar surface area (TPSA) is 81.3 Å². The first-order valence-corrected chi connectivity index (χ1v) is 9.02. The van der Waals surface area contributed by atoms with Gasteiger partial charge in [-0.25, -0.2) is 4.98 Å². The molecule has 4 N–H and O–H groups in total. The van der Waals surface area contributed by atoms with Gasteiger partial charge in [0.15, 0.2) is 0 Å². The lowest BCUT2D eigenvalue weighted by Crippen LogP contribution is -2.51. The van der Waals surface area contributed by atoms with Crippen LogP contribution in [0.25, 0.3) is 22.2 Å². The number of halogens is 3. The van der Waals surface area contributed by atoms with Crippen molar-refractivity contribution in [3.05, 3.63) is 53.4 Å². The summed E-state index contributed by atoms with van der Waals surface area (Å²) < 4.78 is 45.5. The van der Waals surface area contributed by atoms with Crippen molar-refractivity contribution in [1.29, 1.82) is 0 Å². The molecule has 1 fully saturated rings. The number of rotatable bonds is 4. The molecule has 4 rings (SSSR count). The summed E-state index contributed by atoms with van der Waals surface area (Å²) in [4.78, 5) is 3.96. The van der Waals surface area contributed by atoms with E-state index in [-0.39, 0.29) is 16.5 Å². The Labute approximate surface area is 160 Å². The Balaban J connectivity index is 1.89. The zero-order valence-corrected chi connectivity index (χ0v) is 15.4. The van der Waals surface area contributed by atoms with Gasteiger partial charge in [-0.15, -0.1) is 0 Å². The average molecular weight is 390 g/mol. The van der Waals surface area contributed by atoms with Crippen LogP contribution in [0.2, 0.25) is 0 Å². The van der Waals surface area contributed by atoms with Gasteiger partial charge in [0.05, 0.1) is 5.39 Å². The van der Waals surface area contributed by atoms with Crippen molar-refractivity contribution < 1.29 is 17.6 Å². The highest BCUT2D eigenvalue weighted by Gasteiger charge is 2.40. The summed E-state index contributed by atoms with van der Waals surface area (Å²) in [5.74, 6) is 11.4. The molecule has 0 radical (unpaired) electrons. The Hall–Kier alpha value is -2.42. The van der Waals surface area contributed by atoms with E-state index in [1.165, 1.54) is 11.3 Å². The number of fused-ring (bicyclic) bond motifs is 1. The predicted molar refractivity (Wildman–Crippen MR) is 99.8 cm³/mol. The molecule has 1 aliphatic carbocycles. The number of hydrazine groups is 2. The molecule has 0 unspecified atom stereocenters. The lowest BCUT2D eigenvalue weighted by molar-refractivity contribution is -0.136. The summed E-state index contributed by atoms with van der Waals surface area (Å²) >= 11 is 0. The lowest BCUT2D eigenvalue weighted by Gasteiger charge is -2.44. The van der Waals surface area contributed by atoms with Crippen molar-refractivity contribution in [2.45, 2.75) is 37.8 Å². The van der Waals surface area contributed by atoms with Crippen LogP contribution in [0, 0.1) is 6.92 Å². The van der Waals surface area contributed by atoms with E-state index in [1.54, 1.807) is 6.07 Å². The molecular weight excluding hydrogens is 369 g/mol. The van der Waals surface area contributed by atoms with E-state index in [9.17, 15) is 13.2 Å². The molecule has 8 heteroatoms. The van der Waals surface area contributed by atoms with Crippen molar-refractivity contribution in [3.8, 4) is 11.1 Å². The maximum atomic E-state index is 13.5. The Bertz CT molecular complexity index is 1020. The normalized spacial score (nSPS) is 16.5. The first-order chi connectivity index (χ1) is 13.2. The van der Waals surface area contributed by atoms with E-state index in [1.807, 2.05) is 19.1 Å². The maximum Gasteiger partial charge on any atom is 0.420 e. The molecule has 0 spiro atoms. The average Bonchev–Trinajstić information content (AvgIpc) is 3.01. The summed E-state index contributed by atoms with van der Waals surface area (Å²) in [6.07, 6.45) is 0.606. The van der Waals surface area contributed by atoms with Crippen LogP contribution in [0.5, 0.6) is 0 Å². The SMILES string of the molecule is Cc1cc(-c2ccnc3occ(C(F)(F)F)c23)cc(C2(CN(N)N)CCC2)c1. The van der Waals surface area contributed by atoms with E-state index in [0.29, 0.717) is 17.7 Å². The smallest absolute Gasteiger partial charge is 0.420 e. The quantitative estimate of drug-likeness (QED) is 0.513. The van der Waals surface area contributed by atoms with Crippen LogP contribution in [0.4, 0.5) is 13.2 Å². The molecule has 0 saturated heterocycles. The van der Waals surface area contributed by atoms with Gasteiger partial charge in [0.1, 0.15) is 11.8 Å². The number of aryl methyl sites for hydroxylation is 1. The molecule has 1 aromatic carbocycles. The molecule has 0 bridgehead atoms. The Kier molecular flexibility index (Phi) is 4.45. The number of furan rings is 1. The zero-order valence-electron chi connectivity index (χ0n) is 15.4. The fourth-order valence-corrected chi connectivity index (χ4v) is 4.15. The van der Waals surface area contributed by atoms with E-state index < -0.39 is 11.7 Å². The highest BCUT2D eigenvalue weighted by Crippen LogP contribution is 2.46. The molecule has 148 valence electrons. The third kappa shape index (κ3) is 3.17. The number of nitrogens with two attached hydrogens (primary N) is 2. The van der Waals surface area contributed by atoms with Gasteiger partial charge < -0.3 is 4.42 Å². The maximum absolute atomic E-state index is 13.5. The van der Waals surface area contributed by atoms with Crippen LogP contribution >= 0.6 is 0 Å². The summed E-state index contributed by atoms with van der Waals surface area (Å²) in [6.45, 7) is 2.42. The van der Waals surface area contributed by atoms with Gasteiger partial charge in [-0.1, -0.05) is 30.2 Å². The minimum absolute atomic E-state index is 0.0199. The zero-order chi connectivity index (χ0) is 20.1. The van der Waals surface area contributed by atoms with E-state index in [0.717, 1.165) is 36.7 Å². The highest BCUT2D eigenvalue weighted by molar-refractivity contribution is 5.95. The summed E-state index contributed by atoms with van der Waals surface area (Å²) in [6, 6.07) is 7.47. The van der Waals surface area contributed by atoms with Gasteiger partial charge in [-0.05, 0) is 42.5 Å². The van der Waals surface area contributed by atoms with E-state index in [4.69, 9.17) is 16.1 Å². The van der Waals surface area contributed by atoms with Crippen molar-refractivity contribution in [1.82, 2.24) is 10.1 Å². The number of benzene rings is 1. The van der Waals surface area contributed by atoms with E-state index >= 15 is 0 Å². The second-order valence-electron chi connectivity index (χ2n) is 7.58. The molecule has 3 aromatic rings. The van der Waals surface area contributed by atoms with Gasteiger partial charge in [0.25, 0.3) is 0 Å². The van der Waals surface area contributed by atoms with Crippen LogP contribution in [-0.2, 0) is 11.6 Å². The van der Waals surface area contributed by atoms with Crippen molar-refractivity contribution in [3.63, 3.8) is 0 Å². The number of nitrogens with zero attached hydrogens (tertiary/aromatic N) is 2. The second-order valence-corrected chi connectivity index (χ2v) is 7.58. The molecule has 0 aliphatic heterocycles. The fraction of sp³-hybridized carbons (Fsp3) is 0.350. The lowest BCUT2D eigenvalue weighted by atomic mass is 9.64. The van der Waals surface area contributed by atoms with Crippen LogP contribution in [0.1, 0.15) is 36.0 Å². The van der Waals surface area contributed by atoms with Gasteiger partial charge in [-0.3, -0.25) is 11.7 Å². The van der Waals surface area contributed by atoms with Crippen molar-refractivity contribution >= 4 is 11.1 Å². The number of pyridine rings is 1. The van der Waals surface area contributed by atoms with Crippen LogP contribution in [-0.4, -0.2) is 16.6 Å². The molecule has 2 aromatic heterocycles. The molecule has 0 atom stereocenters. The first-order valence-electron chi connectivity index (χ1n) is 9.02. The Morgan fingerprint density at radius 1 is 1.21 bits per heavy atom. The molecule has 28 heavy (non-hydrogen) atoms. The number of aromatic nitrogens is 1. The van der Waals surface area contributed by atoms with E-state index in [2.05, 4.69) is 11.1 Å². The minimum atomic E-state index is -4.52. The van der Waals surface area contributed by atoms with Gasteiger partial charge in [-0.2, -0.15) is 18.3 Å². The molecular formula is C20H21F3N4O. The van der Waals surface area contributed by atoms with Crippen molar-refractivity contribution in [2.75, 3.05) is 6.54 Å². The van der Waals surface area contributed by atoms with Crippen LogP contribution in [0.15, 0.2) is 41.1 Å². The number of alkyl halides is 3. The minimum Gasteiger partial charge on any atom is -0.445 e. The molecule has 0 amide bonds. The largest absolute Gasteiger partial charge is 0.445 e. The van der Waals surface area contributed by atoms with Crippen LogP contribution < -0.4 is 11.7 Å². The standard InChI is InChI=1S/C20H21F3N4O/c1-12-7-13(9-14(8-12)19(4-2-5-19)11-27(24)25)15-3-6-26-18-17(15)16(10-28-18)20(21,22)23/h3,6-10H,2,4-5,11,24-25H2,1H3.